The average Bonchev–Trinajstić information content (AvgIpc) is 2.32. The molecule has 1 fully saturated rings. The van der Waals surface area contributed by atoms with Crippen molar-refractivity contribution in [1.29, 1.82) is 0 Å². The Hall–Kier alpha value is -1.07. The van der Waals surface area contributed by atoms with Crippen LogP contribution in [-0.4, -0.2) is 33.8 Å². The van der Waals surface area contributed by atoms with E-state index in [-0.39, 0.29) is 6.04 Å². The van der Waals surface area contributed by atoms with Crippen LogP contribution >= 0.6 is 0 Å². The number of sulfone groups is 1. The highest BCUT2D eigenvalue weighted by Crippen LogP contribution is 2.23. The molecule has 0 spiro atoms. The van der Waals surface area contributed by atoms with Gasteiger partial charge in [0.05, 0.1) is 4.90 Å². The fourth-order valence-electron chi connectivity index (χ4n) is 2.30. The monoisotopic (exact) mass is 268 g/mol. The first-order chi connectivity index (χ1) is 8.38. The fourth-order valence-corrected chi connectivity index (χ4v) is 2.93. The number of nitrogens with zero attached hydrogens (tertiary/aromatic N) is 1. The Morgan fingerprint density at radius 1 is 1.28 bits per heavy atom. The summed E-state index contributed by atoms with van der Waals surface area (Å²) in [6.07, 6.45) is 2.21. The van der Waals surface area contributed by atoms with Crippen molar-refractivity contribution in [3.8, 4) is 0 Å². The van der Waals surface area contributed by atoms with Gasteiger partial charge in [-0.1, -0.05) is 6.92 Å². The number of nitrogens with two attached hydrogens (primary N) is 1. The summed E-state index contributed by atoms with van der Waals surface area (Å²) in [7, 11) is -3.11. The smallest absolute Gasteiger partial charge is 0.175 e. The van der Waals surface area contributed by atoms with Gasteiger partial charge in [0, 0.05) is 31.1 Å². The molecule has 1 heterocycles. The molecule has 0 radical (unpaired) electrons. The maximum absolute atomic E-state index is 11.4. The van der Waals surface area contributed by atoms with Crippen LogP contribution in [-0.2, 0) is 9.84 Å². The van der Waals surface area contributed by atoms with Gasteiger partial charge in [0.15, 0.2) is 9.84 Å². The fraction of sp³-hybridized carbons (Fsp3) is 0.538. The van der Waals surface area contributed by atoms with Gasteiger partial charge in [-0.25, -0.2) is 8.42 Å². The Balaban J connectivity index is 2.16. The molecule has 1 aromatic carbocycles. The van der Waals surface area contributed by atoms with Crippen molar-refractivity contribution >= 4 is 15.5 Å². The molecule has 100 valence electrons. The van der Waals surface area contributed by atoms with Gasteiger partial charge in [-0.15, -0.1) is 0 Å². The van der Waals surface area contributed by atoms with E-state index in [1.807, 2.05) is 12.1 Å². The average molecular weight is 268 g/mol. The molecular formula is C13H20N2O2S. The van der Waals surface area contributed by atoms with Crippen LogP contribution < -0.4 is 10.6 Å². The molecule has 2 rings (SSSR count). The third-order valence-corrected chi connectivity index (χ3v) is 4.73. The molecule has 1 aliphatic heterocycles. The Morgan fingerprint density at radius 2 is 1.89 bits per heavy atom. The zero-order valence-corrected chi connectivity index (χ0v) is 11.7. The highest BCUT2D eigenvalue weighted by Gasteiger charge is 2.23. The molecule has 0 bridgehead atoms. The highest BCUT2D eigenvalue weighted by molar-refractivity contribution is 7.90. The SMILES string of the molecule is CC1CN(c2ccc(S(C)(=O)=O)cc2)CCC1N. The number of anilines is 1. The number of rotatable bonds is 2. The third-order valence-electron chi connectivity index (χ3n) is 3.60. The largest absolute Gasteiger partial charge is 0.371 e. The Kier molecular flexibility index (Phi) is 3.64. The number of piperidine rings is 1. The van der Waals surface area contributed by atoms with E-state index in [1.165, 1.54) is 6.26 Å². The molecule has 1 aromatic rings. The molecule has 0 aromatic heterocycles. The van der Waals surface area contributed by atoms with E-state index in [9.17, 15) is 8.42 Å². The maximum atomic E-state index is 11.4. The van der Waals surface area contributed by atoms with Gasteiger partial charge >= 0.3 is 0 Å². The van der Waals surface area contributed by atoms with Crippen LogP contribution in [0.4, 0.5) is 5.69 Å². The van der Waals surface area contributed by atoms with Gasteiger partial charge < -0.3 is 10.6 Å². The Bertz CT molecular complexity index is 510. The summed E-state index contributed by atoms with van der Waals surface area (Å²) in [5.41, 5.74) is 7.06. The second kappa shape index (κ2) is 4.90. The van der Waals surface area contributed by atoms with E-state index in [2.05, 4.69) is 11.8 Å². The predicted octanol–water partition coefficient (Wildman–Crippen LogP) is 1.26. The van der Waals surface area contributed by atoms with E-state index in [0.717, 1.165) is 25.2 Å². The molecule has 2 N–H and O–H groups in total. The molecule has 0 saturated carbocycles. The van der Waals surface area contributed by atoms with Crippen LogP contribution in [0.5, 0.6) is 0 Å². The first-order valence-electron chi connectivity index (χ1n) is 6.18. The zero-order valence-electron chi connectivity index (χ0n) is 10.8. The summed E-state index contributed by atoms with van der Waals surface area (Å²) in [6, 6.07) is 7.37. The van der Waals surface area contributed by atoms with Crippen LogP contribution in [0.3, 0.4) is 0 Å². The van der Waals surface area contributed by atoms with Gasteiger partial charge in [0.2, 0.25) is 0 Å². The van der Waals surface area contributed by atoms with Crippen molar-refractivity contribution in [2.75, 3.05) is 24.2 Å². The van der Waals surface area contributed by atoms with Crippen LogP contribution in [0.2, 0.25) is 0 Å². The second-order valence-corrected chi connectivity index (χ2v) is 7.16. The summed E-state index contributed by atoms with van der Waals surface area (Å²) in [5.74, 6) is 0.466. The minimum absolute atomic E-state index is 0.275. The minimum Gasteiger partial charge on any atom is -0.371 e. The molecule has 0 amide bonds. The van der Waals surface area contributed by atoms with Crippen LogP contribution in [0.15, 0.2) is 29.2 Å². The van der Waals surface area contributed by atoms with Crippen molar-refractivity contribution in [3.63, 3.8) is 0 Å². The lowest BCUT2D eigenvalue weighted by Gasteiger charge is -2.36. The van der Waals surface area contributed by atoms with Crippen molar-refractivity contribution in [2.45, 2.75) is 24.3 Å². The first kappa shape index (κ1) is 13.4. The highest BCUT2D eigenvalue weighted by atomic mass is 32.2. The summed E-state index contributed by atoms with van der Waals surface area (Å²) in [5, 5.41) is 0. The molecule has 1 saturated heterocycles. The maximum Gasteiger partial charge on any atom is 0.175 e. The first-order valence-corrected chi connectivity index (χ1v) is 8.08. The van der Waals surface area contributed by atoms with Gasteiger partial charge in [0.25, 0.3) is 0 Å². The van der Waals surface area contributed by atoms with Crippen LogP contribution in [0, 0.1) is 5.92 Å². The standard InChI is InChI=1S/C13H20N2O2S/c1-10-9-15(8-7-13(10)14)11-3-5-12(6-4-11)18(2,16)17/h3-6,10,13H,7-9,14H2,1-2H3. The van der Waals surface area contributed by atoms with E-state index in [4.69, 9.17) is 5.73 Å². The second-order valence-electron chi connectivity index (χ2n) is 5.14. The lowest BCUT2D eigenvalue weighted by molar-refractivity contribution is 0.383. The summed E-state index contributed by atoms with van der Waals surface area (Å²) in [6.45, 7) is 4.02. The molecule has 2 unspecified atom stereocenters. The lowest BCUT2D eigenvalue weighted by Crippen LogP contribution is -2.45. The van der Waals surface area contributed by atoms with Crippen molar-refractivity contribution in [3.05, 3.63) is 24.3 Å². The van der Waals surface area contributed by atoms with Crippen molar-refractivity contribution in [1.82, 2.24) is 0 Å². The topological polar surface area (TPSA) is 63.4 Å². The quantitative estimate of drug-likeness (QED) is 0.877. The molecular weight excluding hydrogens is 248 g/mol. The van der Waals surface area contributed by atoms with Gasteiger partial charge in [0.1, 0.15) is 0 Å². The van der Waals surface area contributed by atoms with E-state index in [0.29, 0.717) is 10.8 Å². The Morgan fingerprint density at radius 3 is 2.39 bits per heavy atom. The van der Waals surface area contributed by atoms with E-state index < -0.39 is 9.84 Å². The molecule has 4 nitrogen and oxygen atoms in total. The lowest BCUT2D eigenvalue weighted by atomic mass is 9.94. The van der Waals surface area contributed by atoms with Crippen molar-refractivity contribution in [2.24, 2.45) is 11.7 Å². The molecule has 0 aliphatic carbocycles. The van der Waals surface area contributed by atoms with Gasteiger partial charge in [-0.05, 0) is 36.6 Å². The van der Waals surface area contributed by atoms with Gasteiger partial charge in [-0.2, -0.15) is 0 Å². The third kappa shape index (κ3) is 2.84. The summed E-state index contributed by atoms with van der Waals surface area (Å²) < 4.78 is 22.8. The number of hydrogen-bond acceptors (Lipinski definition) is 4. The zero-order chi connectivity index (χ0) is 13.3. The normalized spacial score (nSPS) is 25.2. The molecule has 2 atom stereocenters. The predicted molar refractivity (Wildman–Crippen MR) is 73.5 cm³/mol. The van der Waals surface area contributed by atoms with E-state index in [1.54, 1.807) is 12.1 Å². The van der Waals surface area contributed by atoms with Gasteiger partial charge in [-0.3, -0.25) is 0 Å². The number of hydrogen-bond donors (Lipinski definition) is 1. The molecule has 5 heteroatoms. The van der Waals surface area contributed by atoms with Crippen molar-refractivity contribution < 1.29 is 8.42 Å². The van der Waals surface area contributed by atoms with Crippen LogP contribution in [0.1, 0.15) is 13.3 Å². The molecule has 1 aliphatic rings. The Labute approximate surface area is 109 Å². The number of benzene rings is 1. The minimum atomic E-state index is -3.11. The summed E-state index contributed by atoms with van der Waals surface area (Å²) in [4.78, 5) is 2.63. The van der Waals surface area contributed by atoms with E-state index >= 15 is 0 Å². The van der Waals surface area contributed by atoms with Crippen LogP contribution in [0.25, 0.3) is 0 Å². The molecule has 18 heavy (non-hydrogen) atoms. The summed E-state index contributed by atoms with van der Waals surface area (Å²) >= 11 is 0.